The van der Waals surface area contributed by atoms with Crippen LogP contribution < -0.4 is 0 Å². The molecule has 0 saturated heterocycles. The third-order valence-corrected chi connectivity index (χ3v) is 1.15. The predicted molar refractivity (Wildman–Crippen MR) is 28.2 cm³/mol. The van der Waals surface area contributed by atoms with Crippen LogP contribution in [-0.4, -0.2) is 15.7 Å². The summed E-state index contributed by atoms with van der Waals surface area (Å²) in [6.07, 6.45) is 3.21. The van der Waals surface area contributed by atoms with E-state index < -0.39 is 0 Å². The van der Waals surface area contributed by atoms with Gasteiger partial charge in [0.25, 0.3) is 0 Å². The molecule has 0 spiro atoms. The number of hydrogen-bond acceptors (Lipinski definition) is 2. The Bertz CT molecular complexity index is 144. The minimum absolute atomic E-state index is 0.466. The van der Waals surface area contributed by atoms with Crippen molar-refractivity contribution in [3.63, 3.8) is 0 Å². The Morgan fingerprint density at radius 3 is 3.00 bits per heavy atom. The zero-order chi connectivity index (χ0) is 5.11. The Hall–Kier alpha value is -0.570. The second kappa shape index (κ2) is 1.93. The maximum atomic E-state index is 9.88. The summed E-state index contributed by atoms with van der Waals surface area (Å²) in [5.41, 5.74) is 0. The van der Waals surface area contributed by atoms with Crippen molar-refractivity contribution in [1.29, 1.82) is 0 Å². The van der Waals surface area contributed by atoms with Crippen molar-refractivity contribution in [1.82, 2.24) is 0 Å². The predicted octanol–water partition coefficient (Wildman–Crippen LogP) is -0.0843. The summed E-state index contributed by atoms with van der Waals surface area (Å²) in [6.45, 7) is 0.466. The molecule has 0 saturated carbocycles. The molecule has 0 aromatic rings. The fourth-order valence-electron chi connectivity index (χ4n) is 0.354. The first-order chi connectivity index (χ1) is 3.43. The summed E-state index contributed by atoms with van der Waals surface area (Å²) >= 11 is 0.487. The molecule has 38 valence electrons. The van der Waals surface area contributed by atoms with Crippen LogP contribution in [0.5, 0.6) is 0 Å². The molecular weight excluding hydrogens is 112 g/mol. The smallest absolute Gasteiger partial charge is 0.125 e. The molecular formula is C4H4O2S. The molecule has 1 aliphatic heterocycles. The van der Waals surface area contributed by atoms with E-state index in [0.717, 1.165) is 4.86 Å². The molecule has 3 heteroatoms. The molecule has 1 heterocycles. The second-order valence-electron chi connectivity index (χ2n) is 1.16. The first-order valence-electron chi connectivity index (χ1n) is 1.87. The Balaban J connectivity index is 2.77. The van der Waals surface area contributed by atoms with Crippen LogP contribution in [0.2, 0.25) is 0 Å². The van der Waals surface area contributed by atoms with Crippen LogP contribution >= 0.6 is 0 Å². The van der Waals surface area contributed by atoms with E-state index in [2.05, 4.69) is 0 Å². The average molecular weight is 116 g/mol. The zero-order valence-corrected chi connectivity index (χ0v) is 4.40. The summed E-state index contributed by atoms with van der Waals surface area (Å²) in [6, 6.07) is 0. The lowest BCUT2D eigenvalue weighted by atomic mass is 10.5. The van der Waals surface area contributed by atoms with Gasteiger partial charge in [0, 0.05) is 0 Å². The van der Waals surface area contributed by atoms with Gasteiger partial charge in [0.15, 0.2) is 0 Å². The van der Waals surface area contributed by atoms with E-state index in [-0.39, 0.29) is 0 Å². The van der Waals surface area contributed by atoms with Crippen LogP contribution in [0, 0.1) is 0 Å². The zero-order valence-electron chi connectivity index (χ0n) is 3.59. The molecule has 1 aliphatic rings. The van der Waals surface area contributed by atoms with E-state index in [4.69, 9.17) is 4.74 Å². The molecule has 0 unspecified atom stereocenters. The van der Waals surface area contributed by atoms with Crippen molar-refractivity contribution in [2.45, 2.75) is 0 Å². The molecule has 7 heavy (non-hydrogen) atoms. The van der Waals surface area contributed by atoms with Crippen LogP contribution in [0.1, 0.15) is 0 Å². The topological polar surface area (TPSA) is 26.3 Å². The third-order valence-electron chi connectivity index (χ3n) is 0.683. The van der Waals surface area contributed by atoms with Gasteiger partial charge >= 0.3 is 0 Å². The van der Waals surface area contributed by atoms with Gasteiger partial charge in [-0.05, 0) is 6.08 Å². The van der Waals surface area contributed by atoms with Gasteiger partial charge in [-0.3, -0.25) is 0 Å². The average Bonchev–Trinajstić information content (AvgIpc) is 2.14. The van der Waals surface area contributed by atoms with Crippen molar-refractivity contribution < 1.29 is 8.95 Å². The quantitative estimate of drug-likeness (QED) is 0.414. The number of ether oxygens (including phenoxy) is 1. The maximum Gasteiger partial charge on any atom is 0.125 e. The molecule has 0 fully saturated rings. The molecule has 0 radical (unpaired) electrons. The monoisotopic (exact) mass is 116 g/mol. The van der Waals surface area contributed by atoms with Gasteiger partial charge in [-0.2, -0.15) is 0 Å². The SMILES string of the molecule is O=S=C1C=COC1. The molecule has 0 aliphatic carbocycles. The molecule has 0 N–H and O–H groups in total. The number of hydrogen-bond donors (Lipinski definition) is 0. The molecule has 0 atom stereocenters. The van der Waals surface area contributed by atoms with Crippen LogP contribution in [0.15, 0.2) is 12.3 Å². The largest absolute Gasteiger partial charge is 0.496 e. The first-order valence-corrected chi connectivity index (χ1v) is 2.61. The van der Waals surface area contributed by atoms with Gasteiger partial charge in [-0.25, -0.2) is 4.21 Å². The Morgan fingerprint density at radius 1 is 1.86 bits per heavy atom. The fourth-order valence-corrected chi connectivity index (χ4v) is 0.581. The van der Waals surface area contributed by atoms with Gasteiger partial charge < -0.3 is 4.74 Å². The lowest BCUT2D eigenvalue weighted by molar-refractivity contribution is 0.317. The summed E-state index contributed by atoms with van der Waals surface area (Å²) < 4.78 is 14.6. The second-order valence-corrected chi connectivity index (χ2v) is 1.85. The van der Waals surface area contributed by atoms with Crippen molar-refractivity contribution in [2.75, 3.05) is 6.61 Å². The third kappa shape index (κ3) is 0.899. The summed E-state index contributed by atoms with van der Waals surface area (Å²) in [7, 11) is 0. The van der Waals surface area contributed by atoms with Crippen molar-refractivity contribution in [3.05, 3.63) is 12.3 Å². The van der Waals surface area contributed by atoms with E-state index in [1.54, 1.807) is 6.08 Å². The van der Waals surface area contributed by atoms with Gasteiger partial charge in [-0.15, -0.1) is 0 Å². The highest BCUT2D eigenvalue weighted by atomic mass is 32.1. The van der Waals surface area contributed by atoms with Gasteiger partial charge in [-0.1, -0.05) is 0 Å². The van der Waals surface area contributed by atoms with Gasteiger partial charge in [0.1, 0.15) is 6.61 Å². The summed E-state index contributed by atoms with van der Waals surface area (Å²) in [4.78, 5) is 0.750. The number of rotatable bonds is 0. The molecule has 1 rings (SSSR count). The van der Waals surface area contributed by atoms with Gasteiger partial charge in [0.2, 0.25) is 0 Å². The molecule has 0 amide bonds. The van der Waals surface area contributed by atoms with Gasteiger partial charge in [0.05, 0.1) is 22.4 Å². The lowest BCUT2D eigenvalue weighted by Gasteiger charge is -1.81. The first kappa shape index (κ1) is 4.59. The minimum atomic E-state index is 0.466. The molecule has 0 aromatic carbocycles. The van der Waals surface area contributed by atoms with Crippen molar-refractivity contribution in [3.8, 4) is 0 Å². The van der Waals surface area contributed by atoms with E-state index in [1.807, 2.05) is 0 Å². The standard InChI is InChI=1S/C4H4O2S/c5-7-4-1-2-6-3-4/h1-2H,3H2. The molecule has 0 aromatic heterocycles. The van der Waals surface area contributed by atoms with E-state index in [0.29, 0.717) is 17.9 Å². The maximum absolute atomic E-state index is 9.88. The molecule has 2 nitrogen and oxygen atoms in total. The normalized spacial score (nSPS) is 16.9. The summed E-state index contributed by atoms with van der Waals surface area (Å²) in [5.74, 6) is 0. The van der Waals surface area contributed by atoms with E-state index in [9.17, 15) is 4.21 Å². The molecule has 0 bridgehead atoms. The minimum Gasteiger partial charge on any atom is -0.496 e. The van der Waals surface area contributed by atoms with E-state index in [1.165, 1.54) is 6.26 Å². The van der Waals surface area contributed by atoms with Crippen LogP contribution in [0.4, 0.5) is 0 Å². The Labute approximate surface area is 44.9 Å². The Kier molecular flexibility index (Phi) is 1.26. The summed E-state index contributed by atoms with van der Waals surface area (Å²) in [5, 5.41) is 0. The van der Waals surface area contributed by atoms with Crippen LogP contribution in [0.25, 0.3) is 0 Å². The van der Waals surface area contributed by atoms with Crippen molar-refractivity contribution in [2.24, 2.45) is 0 Å². The van der Waals surface area contributed by atoms with E-state index >= 15 is 0 Å². The van der Waals surface area contributed by atoms with Crippen molar-refractivity contribution >= 4 is 16.1 Å². The lowest BCUT2D eigenvalue weighted by Crippen LogP contribution is -1.93. The highest BCUT2D eigenvalue weighted by Gasteiger charge is 1.97. The Morgan fingerprint density at radius 2 is 2.71 bits per heavy atom. The fraction of sp³-hybridized carbons (Fsp3) is 0.250. The van der Waals surface area contributed by atoms with Crippen LogP contribution in [-0.2, 0) is 16.0 Å². The highest BCUT2D eigenvalue weighted by molar-refractivity contribution is 7.67. The van der Waals surface area contributed by atoms with Crippen LogP contribution in [0.3, 0.4) is 0 Å². The highest BCUT2D eigenvalue weighted by Crippen LogP contribution is 1.90.